The van der Waals surface area contributed by atoms with Gasteiger partial charge in [0.1, 0.15) is 11.3 Å². The first-order valence-electron chi connectivity index (χ1n) is 9.35. The van der Waals surface area contributed by atoms with Crippen LogP contribution in [0.4, 0.5) is 0 Å². The Morgan fingerprint density at radius 3 is 2.41 bits per heavy atom. The van der Waals surface area contributed by atoms with Gasteiger partial charge in [-0.3, -0.25) is 4.79 Å². The highest BCUT2D eigenvalue weighted by Gasteiger charge is 2.16. The number of para-hydroxylation sites is 3. The van der Waals surface area contributed by atoms with E-state index >= 15 is 0 Å². The lowest BCUT2D eigenvalue weighted by Crippen LogP contribution is -2.31. The molecule has 0 unspecified atom stereocenters. The summed E-state index contributed by atoms with van der Waals surface area (Å²) >= 11 is 0. The van der Waals surface area contributed by atoms with Crippen LogP contribution in [0.5, 0.6) is 11.5 Å². The lowest BCUT2D eigenvalue weighted by molar-refractivity contribution is -0.150. The smallest absolute Gasteiger partial charge is 0.344 e. The topological polar surface area (TPSA) is 87.0 Å². The maximum absolute atomic E-state index is 12.1. The lowest BCUT2D eigenvalue weighted by atomic mass is 10.2. The van der Waals surface area contributed by atoms with Gasteiger partial charge in [0.05, 0.1) is 12.6 Å². The van der Waals surface area contributed by atoms with Crippen LogP contribution in [0.3, 0.4) is 0 Å². The van der Waals surface area contributed by atoms with E-state index in [0.717, 1.165) is 11.0 Å². The Morgan fingerprint density at radius 1 is 1.00 bits per heavy atom. The highest BCUT2D eigenvalue weighted by Crippen LogP contribution is 2.26. The van der Waals surface area contributed by atoms with Crippen molar-refractivity contribution in [2.24, 2.45) is 0 Å². The zero-order chi connectivity index (χ0) is 20.6. The van der Waals surface area contributed by atoms with E-state index in [-0.39, 0.29) is 12.6 Å². The number of hydrogen-bond acceptors (Lipinski definition) is 6. The number of ether oxygens (including phenoxy) is 3. The molecular formula is C22H23NO6. The number of hydrogen-bond donors (Lipinski definition) is 1. The van der Waals surface area contributed by atoms with E-state index in [4.69, 9.17) is 18.6 Å². The lowest BCUT2D eigenvalue weighted by Gasteiger charge is -2.13. The summed E-state index contributed by atoms with van der Waals surface area (Å²) in [4.78, 5) is 23.9. The summed E-state index contributed by atoms with van der Waals surface area (Å²) in [7, 11) is 0. The van der Waals surface area contributed by atoms with Crippen molar-refractivity contribution in [3.05, 3.63) is 60.4 Å². The molecule has 29 heavy (non-hydrogen) atoms. The molecule has 1 N–H and O–H groups in total. The fraction of sp³-hybridized carbons (Fsp3) is 0.273. The van der Waals surface area contributed by atoms with Gasteiger partial charge in [0.15, 0.2) is 24.7 Å². The molecule has 3 rings (SSSR count). The van der Waals surface area contributed by atoms with Crippen molar-refractivity contribution in [1.82, 2.24) is 5.32 Å². The molecule has 0 fully saturated rings. The van der Waals surface area contributed by atoms with Gasteiger partial charge in [0.2, 0.25) is 0 Å². The Balaban J connectivity index is 1.44. The zero-order valence-electron chi connectivity index (χ0n) is 16.3. The predicted molar refractivity (Wildman–Crippen MR) is 107 cm³/mol. The van der Waals surface area contributed by atoms with Crippen molar-refractivity contribution < 1.29 is 28.2 Å². The summed E-state index contributed by atoms with van der Waals surface area (Å²) in [6, 6.07) is 16.1. The first kappa shape index (κ1) is 20.3. The van der Waals surface area contributed by atoms with Gasteiger partial charge in [-0.15, -0.1) is 0 Å². The number of carbonyl (C=O) groups excluding carboxylic acids is 2. The molecule has 0 saturated carbocycles. The number of benzene rings is 2. The summed E-state index contributed by atoms with van der Waals surface area (Å²) in [5.74, 6) is 0.528. The van der Waals surface area contributed by atoms with Crippen LogP contribution in [-0.4, -0.2) is 31.7 Å². The molecule has 3 aromatic rings. The molecule has 0 saturated heterocycles. The van der Waals surface area contributed by atoms with Gasteiger partial charge < -0.3 is 23.9 Å². The maximum Gasteiger partial charge on any atom is 0.344 e. The molecule has 0 spiro atoms. The van der Waals surface area contributed by atoms with Gasteiger partial charge in [-0.2, -0.15) is 0 Å². The average Bonchev–Trinajstić information content (AvgIpc) is 3.16. The van der Waals surface area contributed by atoms with Crippen molar-refractivity contribution in [1.29, 1.82) is 0 Å². The molecule has 152 valence electrons. The van der Waals surface area contributed by atoms with Crippen LogP contribution in [0, 0.1) is 0 Å². The van der Waals surface area contributed by atoms with Gasteiger partial charge in [0, 0.05) is 5.39 Å². The molecular weight excluding hydrogens is 374 g/mol. The number of carbonyl (C=O) groups is 2. The van der Waals surface area contributed by atoms with Gasteiger partial charge in [-0.1, -0.05) is 30.3 Å². The summed E-state index contributed by atoms with van der Waals surface area (Å²) in [6.07, 6.45) is 0. The van der Waals surface area contributed by atoms with Crippen molar-refractivity contribution in [3.63, 3.8) is 0 Å². The van der Waals surface area contributed by atoms with E-state index in [2.05, 4.69) is 5.32 Å². The van der Waals surface area contributed by atoms with E-state index in [1.807, 2.05) is 43.3 Å². The van der Waals surface area contributed by atoms with Gasteiger partial charge >= 0.3 is 5.97 Å². The minimum atomic E-state index is -0.650. The third kappa shape index (κ3) is 5.51. The Kier molecular flexibility index (Phi) is 6.73. The molecule has 1 heterocycles. The SMILES string of the molecule is CCOc1ccccc1OCC(=O)OCC(=O)N[C@@H](C)c1cc2ccccc2o1. The summed E-state index contributed by atoms with van der Waals surface area (Å²) in [6.45, 7) is 3.41. The van der Waals surface area contributed by atoms with E-state index < -0.39 is 18.5 Å². The molecule has 1 aromatic heterocycles. The highest BCUT2D eigenvalue weighted by atomic mass is 16.6. The number of rotatable bonds is 9. The summed E-state index contributed by atoms with van der Waals surface area (Å²) < 4.78 is 21.5. The number of amides is 1. The number of furan rings is 1. The molecule has 0 radical (unpaired) electrons. The molecule has 1 amide bonds. The predicted octanol–water partition coefficient (Wildman–Crippen LogP) is 3.63. The molecule has 1 atom stereocenters. The Labute approximate surface area is 168 Å². The normalized spacial score (nSPS) is 11.7. The monoisotopic (exact) mass is 397 g/mol. The van der Waals surface area contributed by atoms with Gasteiger partial charge in [-0.05, 0) is 38.1 Å². The number of esters is 1. The van der Waals surface area contributed by atoms with Crippen LogP contribution >= 0.6 is 0 Å². The second-order valence-corrected chi connectivity index (χ2v) is 6.30. The maximum atomic E-state index is 12.1. The second kappa shape index (κ2) is 9.64. The minimum absolute atomic E-state index is 0.323. The van der Waals surface area contributed by atoms with Gasteiger partial charge in [-0.25, -0.2) is 4.79 Å². The molecule has 0 aliphatic heterocycles. The summed E-state index contributed by atoms with van der Waals surface area (Å²) in [5.41, 5.74) is 0.750. The van der Waals surface area contributed by atoms with Crippen LogP contribution in [0.2, 0.25) is 0 Å². The minimum Gasteiger partial charge on any atom is -0.490 e. The van der Waals surface area contributed by atoms with Crippen LogP contribution < -0.4 is 14.8 Å². The standard InChI is InChI=1S/C22H23NO6/c1-3-26-18-10-6-7-11-19(18)27-14-22(25)28-13-21(24)23-15(2)20-12-16-8-4-5-9-17(16)29-20/h4-12,15H,3,13-14H2,1-2H3,(H,23,24)/t15-/m0/s1. The molecule has 0 bridgehead atoms. The zero-order valence-corrected chi connectivity index (χ0v) is 16.3. The van der Waals surface area contributed by atoms with E-state index in [1.165, 1.54) is 0 Å². The number of nitrogens with one attached hydrogen (secondary N) is 1. The van der Waals surface area contributed by atoms with Crippen LogP contribution in [-0.2, 0) is 14.3 Å². The first-order valence-corrected chi connectivity index (χ1v) is 9.35. The third-order valence-electron chi connectivity index (χ3n) is 4.11. The average molecular weight is 397 g/mol. The van der Waals surface area contributed by atoms with E-state index in [0.29, 0.717) is 23.9 Å². The van der Waals surface area contributed by atoms with Crippen molar-refractivity contribution in [3.8, 4) is 11.5 Å². The van der Waals surface area contributed by atoms with E-state index in [9.17, 15) is 9.59 Å². The highest BCUT2D eigenvalue weighted by molar-refractivity contribution is 5.82. The Bertz CT molecular complexity index is 947. The van der Waals surface area contributed by atoms with E-state index in [1.54, 1.807) is 25.1 Å². The van der Waals surface area contributed by atoms with Crippen molar-refractivity contribution >= 4 is 22.8 Å². The van der Waals surface area contributed by atoms with Crippen LogP contribution in [0.25, 0.3) is 11.0 Å². The van der Waals surface area contributed by atoms with Crippen LogP contribution in [0.15, 0.2) is 59.0 Å². The molecule has 7 heteroatoms. The molecule has 2 aromatic carbocycles. The fourth-order valence-electron chi connectivity index (χ4n) is 2.74. The first-order chi connectivity index (χ1) is 14.1. The third-order valence-corrected chi connectivity index (χ3v) is 4.11. The summed E-state index contributed by atoms with van der Waals surface area (Å²) in [5, 5.41) is 3.70. The quantitative estimate of drug-likeness (QED) is 0.555. The largest absolute Gasteiger partial charge is 0.490 e. The van der Waals surface area contributed by atoms with Crippen molar-refractivity contribution in [2.75, 3.05) is 19.8 Å². The second-order valence-electron chi connectivity index (χ2n) is 6.30. The van der Waals surface area contributed by atoms with Gasteiger partial charge in [0.25, 0.3) is 5.91 Å². The molecule has 0 aliphatic rings. The Hall–Kier alpha value is -3.48. The fourth-order valence-corrected chi connectivity index (χ4v) is 2.74. The molecule has 0 aliphatic carbocycles. The van der Waals surface area contributed by atoms with Crippen LogP contribution in [0.1, 0.15) is 25.6 Å². The Morgan fingerprint density at radius 2 is 1.69 bits per heavy atom. The molecule has 7 nitrogen and oxygen atoms in total. The van der Waals surface area contributed by atoms with Crippen molar-refractivity contribution in [2.45, 2.75) is 19.9 Å². The number of fused-ring (bicyclic) bond motifs is 1.